The van der Waals surface area contributed by atoms with Gasteiger partial charge < -0.3 is 10.0 Å². The highest BCUT2D eigenvalue weighted by Gasteiger charge is 2.46. The number of benzene rings is 1. The number of carboxylic acid groups (broad SMARTS) is 1. The molecule has 0 bridgehead atoms. The minimum absolute atomic E-state index is 0.0165. The van der Waals surface area contributed by atoms with E-state index < -0.39 is 5.97 Å². The van der Waals surface area contributed by atoms with E-state index in [2.05, 4.69) is 27.3 Å². The third-order valence-electron chi connectivity index (χ3n) is 8.10. The second kappa shape index (κ2) is 10.7. The van der Waals surface area contributed by atoms with E-state index in [0.29, 0.717) is 11.3 Å². The molecule has 3 atom stereocenters. The van der Waals surface area contributed by atoms with Crippen molar-refractivity contribution in [1.82, 2.24) is 34.7 Å². The fourth-order valence-electron chi connectivity index (χ4n) is 6.04. The number of hydrogen-bond donors (Lipinski definition) is 1. The molecule has 1 aliphatic carbocycles. The van der Waals surface area contributed by atoms with Gasteiger partial charge in [-0.15, -0.1) is 5.10 Å². The standard InChI is InChI=1S/C30H33N7O3/c1-3-7-22-9-4-5-11-36(22)29(38)21-12-20(15-31-16-21)19-8-6-10-23(13-19)37-28(26(17-32-37)30(39)40)25-14-24(25)27-18-35(2)34-33-27/h6,8,10,12-13,15-18,22,24-25H,3-5,7,9,11,14H2,1-2H3,(H,39,40)/t22-,24?,25?/m1/s1. The van der Waals surface area contributed by atoms with Crippen molar-refractivity contribution in [2.45, 2.75) is 63.3 Å². The molecule has 0 radical (unpaired) electrons. The van der Waals surface area contributed by atoms with Gasteiger partial charge in [0, 0.05) is 55.6 Å². The van der Waals surface area contributed by atoms with Crippen molar-refractivity contribution in [2.75, 3.05) is 6.54 Å². The van der Waals surface area contributed by atoms with Crippen LogP contribution in [0, 0.1) is 0 Å². The van der Waals surface area contributed by atoms with Gasteiger partial charge in [-0.05, 0) is 55.9 Å². The van der Waals surface area contributed by atoms with Gasteiger partial charge in [0.05, 0.1) is 28.8 Å². The third-order valence-corrected chi connectivity index (χ3v) is 8.10. The Morgan fingerprint density at radius 3 is 2.73 bits per heavy atom. The van der Waals surface area contributed by atoms with E-state index in [1.807, 2.05) is 48.5 Å². The first kappa shape index (κ1) is 25.9. The lowest BCUT2D eigenvalue weighted by atomic mass is 9.97. The van der Waals surface area contributed by atoms with E-state index in [4.69, 9.17) is 0 Å². The summed E-state index contributed by atoms with van der Waals surface area (Å²) in [6, 6.07) is 9.96. The van der Waals surface area contributed by atoms with Crippen LogP contribution in [0.4, 0.5) is 0 Å². The Kier molecular flexibility index (Phi) is 6.91. The van der Waals surface area contributed by atoms with Crippen LogP contribution in [-0.2, 0) is 7.05 Å². The summed E-state index contributed by atoms with van der Waals surface area (Å²) in [7, 11) is 1.82. The summed E-state index contributed by atoms with van der Waals surface area (Å²) in [6.07, 6.45) is 12.8. The van der Waals surface area contributed by atoms with Crippen LogP contribution in [-0.4, -0.2) is 64.2 Å². The highest BCUT2D eigenvalue weighted by atomic mass is 16.4. The van der Waals surface area contributed by atoms with Crippen LogP contribution in [0.1, 0.15) is 89.4 Å². The average Bonchev–Trinajstić information content (AvgIpc) is 3.41. The summed E-state index contributed by atoms with van der Waals surface area (Å²) in [4.78, 5) is 32.0. The zero-order chi connectivity index (χ0) is 27.8. The van der Waals surface area contributed by atoms with Crippen molar-refractivity contribution in [3.63, 3.8) is 0 Å². The summed E-state index contributed by atoms with van der Waals surface area (Å²) in [6.45, 7) is 2.95. The minimum Gasteiger partial charge on any atom is -0.478 e. The molecule has 2 aliphatic rings. The molecular weight excluding hydrogens is 506 g/mol. The molecule has 1 saturated heterocycles. The summed E-state index contributed by atoms with van der Waals surface area (Å²) in [5.74, 6) is -0.884. The van der Waals surface area contributed by atoms with Crippen LogP contribution in [0.3, 0.4) is 0 Å². The third kappa shape index (κ3) is 4.89. The monoisotopic (exact) mass is 539 g/mol. The molecule has 206 valence electrons. The number of likely N-dealkylation sites (tertiary alicyclic amines) is 1. The predicted molar refractivity (Wildman–Crippen MR) is 148 cm³/mol. The molecule has 1 saturated carbocycles. The van der Waals surface area contributed by atoms with Gasteiger partial charge >= 0.3 is 5.97 Å². The number of nitrogens with zero attached hydrogens (tertiary/aromatic N) is 7. The zero-order valence-electron chi connectivity index (χ0n) is 22.8. The lowest BCUT2D eigenvalue weighted by Gasteiger charge is -2.35. The topological polar surface area (TPSA) is 119 Å². The fourth-order valence-corrected chi connectivity index (χ4v) is 6.04. The van der Waals surface area contributed by atoms with Gasteiger partial charge in [-0.1, -0.05) is 30.7 Å². The number of piperidine rings is 1. The molecule has 2 unspecified atom stereocenters. The Hall–Kier alpha value is -4.34. The number of hydrogen-bond acceptors (Lipinski definition) is 6. The molecule has 3 aromatic heterocycles. The highest BCUT2D eigenvalue weighted by Crippen LogP contribution is 2.55. The van der Waals surface area contributed by atoms with Gasteiger partial charge in [0.25, 0.3) is 5.91 Å². The van der Waals surface area contributed by atoms with Crippen molar-refractivity contribution < 1.29 is 14.7 Å². The zero-order valence-corrected chi connectivity index (χ0v) is 22.8. The number of aromatic nitrogens is 6. The van der Waals surface area contributed by atoms with Gasteiger partial charge in [0.15, 0.2) is 0 Å². The Bertz CT molecular complexity index is 1560. The van der Waals surface area contributed by atoms with E-state index >= 15 is 0 Å². The van der Waals surface area contributed by atoms with Crippen molar-refractivity contribution in [1.29, 1.82) is 0 Å². The van der Waals surface area contributed by atoms with E-state index in [0.717, 1.165) is 61.2 Å². The first-order chi connectivity index (χ1) is 19.4. The van der Waals surface area contributed by atoms with Crippen molar-refractivity contribution in [3.05, 3.63) is 77.6 Å². The number of aryl methyl sites for hydroxylation is 1. The molecule has 1 aromatic carbocycles. The molecule has 4 heterocycles. The van der Waals surface area contributed by atoms with Crippen LogP contribution in [0.5, 0.6) is 0 Å². The lowest BCUT2D eigenvalue weighted by molar-refractivity contribution is 0.0599. The molecule has 1 aliphatic heterocycles. The number of aromatic carboxylic acids is 1. The fraction of sp³-hybridized carbons (Fsp3) is 0.400. The number of rotatable bonds is 8. The van der Waals surface area contributed by atoms with Crippen LogP contribution in [0.2, 0.25) is 0 Å². The maximum atomic E-state index is 13.5. The molecule has 6 rings (SSSR count). The van der Waals surface area contributed by atoms with Crippen molar-refractivity contribution in [3.8, 4) is 16.8 Å². The second-order valence-electron chi connectivity index (χ2n) is 10.9. The molecule has 0 spiro atoms. The summed E-state index contributed by atoms with van der Waals surface area (Å²) in [5, 5.41) is 22.7. The molecule has 10 nitrogen and oxygen atoms in total. The summed E-state index contributed by atoms with van der Waals surface area (Å²) in [5.41, 5.74) is 4.75. The van der Waals surface area contributed by atoms with Crippen LogP contribution < -0.4 is 0 Å². The van der Waals surface area contributed by atoms with E-state index in [-0.39, 0.29) is 29.3 Å². The first-order valence-corrected chi connectivity index (χ1v) is 14.0. The largest absolute Gasteiger partial charge is 0.478 e. The molecule has 4 aromatic rings. The van der Waals surface area contributed by atoms with E-state index in [9.17, 15) is 14.7 Å². The van der Waals surface area contributed by atoms with Gasteiger partial charge in [0.2, 0.25) is 0 Å². The van der Waals surface area contributed by atoms with Crippen LogP contribution >= 0.6 is 0 Å². The summed E-state index contributed by atoms with van der Waals surface area (Å²) < 4.78 is 3.38. The van der Waals surface area contributed by atoms with Gasteiger partial charge in [-0.25, -0.2) is 9.48 Å². The highest BCUT2D eigenvalue weighted by molar-refractivity contribution is 5.95. The Labute approximate surface area is 232 Å². The normalized spacial score (nSPS) is 20.4. The van der Waals surface area contributed by atoms with Crippen molar-refractivity contribution in [2.24, 2.45) is 7.05 Å². The van der Waals surface area contributed by atoms with Crippen LogP contribution in [0.25, 0.3) is 16.8 Å². The second-order valence-corrected chi connectivity index (χ2v) is 10.9. The maximum Gasteiger partial charge on any atom is 0.339 e. The SMILES string of the molecule is CCC[C@@H]1CCCCN1C(=O)c1cncc(-c2cccc(-n3ncc(C(=O)O)c3C3CC3c3cn(C)nn3)c2)c1. The lowest BCUT2D eigenvalue weighted by Crippen LogP contribution is -2.43. The van der Waals surface area contributed by atoms with Gasteiger partial charge in [-0.3, -0.25) is 14.5 Å². The number of carbonyl (C=O) groups is 2. The van der Waals surface area contributed by atoms with E-state index in [1.165, 1.54) is 12.6 Å². The number of carboxylic acids is 1. The summed E-state index contributed by atoms with van der Waals surface area (Å²) >= 11 is 0. The van der Waals surface area contributed by atoms with E-state index in [1.54, 1.807) is 21.8 Å². The van der Waals surface area contributed by atoms with Gasteiger partial charge in [0.1, 0.15) is 5.56 Å². The number of pyridine rings is 1. The molecular formula is C30H33N7O3. The Balaban J connectivity index is 1.31. The molecule has 10 heteroatoms. The quantitative estimate of drug-likeness (QED) is 0.341. The molecule has 1 N–H and O–H groups in total. The number of carbonyl (C=O) groups excluding carboxylic acids is 1. The van der Waals surface area contributed by atoms with Gasteiger partial charge in [-0.2, -0.15) is 5.10 Å². The Morgan fingerprint density at radius 2 is 1.95 bits per heavy atom. The smallest absolute Gasteiger partial charge is 0.339 e. The van der Waals surface area contributed by atoms with Crippen molar-refractivity contribution >= 4 is 11.9 Å². The number of amides is 1. The molecule has 2 fully saturated rings. The minimum atomic E-state index is -1.00. The maximum absolute atomic E-state index is 13.5. The molecule has 1 amide bonds. The van der Waals surface area contributed by atoms with Crippen LogP contribution in [0.15, 0.2) is 55.1 Å². The first-order valence-electron chi connectivity index (χ1n) is 14.0. The predicted octanol–water partition coefficient (Wildman–Crippen LogP) is 4.83. The average molecular weight is 540 g/mol. The Morgan fingerprint density at radius 1 is 1.07 bits per heavy atom. The molecule has 40 heavy (non-hydrogen) atoms.